The number of H-pyrrole nitrogens is 1. The first-order valence-corrected chi connectivity index (χ1v) is 5.52. The third-order valence-electron chi connectivity index (χ3n) is 3.18. The molecule has 2 aromatic heterocycles. The van der Waals surface area contributed by atoms with Crippen molar-refractivity contribution in [2.24, 2.45) is 5.92 Å². The zero-order chi connectivity index (χ0) is 11.0. The fourth-order valence-electron chi connectivity index (χ4n) is 2.27. The lowest BCUT2D eigenvalue weighted by molar-refractivity contribution is 0.0932. The standard InChI is InChI=1S/C12H13N3O/c16-12(8-1-3-13-5-8)10-6-15-11-7-14-4-2-9(10)11/h2,4,6-8,13,15H,1,3,5H2. The lowest BCUT2D eigenvalue weighted by Crippen LogP contribution is -2.17. The predicted molar refractivity (Wildman–Crippen MR) is 61.4 cm³/mol. The van der Waals surface area contributed by atoms with Gasteiger partial charge in [0.2, 0.25) is 0 Å². The van der Waals surface area contributed by atoms with Crippen LogP contribution in [0.15, 0.2) is 24.7 Å². The fraction of sp³-hybridized carbons (Fsp3) is 0.333. The normalized spacial score (nSPS) is 20.4. The molecule has 0 bridgehead atoms. The van der Waals surface area contributed by atoms with Crippen LogP contribution in [0.3, 0.4) is 0 Å². The molecule has 0 spiro atoms. The van der Waals surface area contributed by atoms with Crippen molar-refractivity contribution in [3.63, 3.8) is 0 Å². The highest BCUT2D eigenvalue weighted by atomic mass is 16.1. The molecule has 1 aliphatic heterocycles. The Kier molecular flexibility index (Phi) is 2.22. The molecule has 3 heterocycles. The van der Waals surface area contributed by atoms with Crippen LogP contribution in [-0.2, 0) is 0 Å². The maximum absolute atomic E-state index is 12.2. The molecule has 1 atom stereocenters. The van der Waals surface area contributed by atoms with Crippen LogP contribution in [0.5, 0.6) is 0 Å². The minimum atomic E-state index is 0.132. The molecule has 4 nitrogen and oxygen atoms in total. The summed E-state index contributed by atoms with van der Waals surface area (Å²) in [6.45, 7) is 1.75. The molecule has 82 valence electrons. The second-order valence-electron chi connectivity index (χ2n) is 4.18. The van der Waals surface area contributed by atoms with Crippen LogP contribution in [-0.4, -0.2) is 28.8 Å². The molecule has 1 saturated heterocycles. The van der Waals surface area contributed by atoms with Gasteiger partial charge in [-0.3, -0.25) is 9.78 Å². The van der Waals surface area contributed by atoms with E-state index >= 15 is 0 Å². The second-order valence-corrected chi connectivity index (χ2v) is 4.18. The van der Waals surface area contributed by atoms with Crippen molar-refractivity contribution in [2.75, 3.05) is 13.1 Å². The van der Waals surface area contributed by atoms with E-state index in [-0.39, 0.29) is 11.7 Å². The van der Waals surface area contributed by atoms with E-state index in [1.54, 1.807) is 18.6 Å². The van der Waals surface area contributed by atoms with Crippen LogP contribution in [0.4, 0.5) is 0 Å². The summed E-state index contributed by atoms with van der Waals surface area (Å²) >= 11 is 0. The minimum absolute atomic E-state index is 0.132. The van der Waals surface area contributed by atoms with E-state index in [1.807, 2.05) is 6.07 Å². The molecule has 4 heteroatoms. The molecular formula is C12H13N3O. The van der Waals surface area contributed by atoms with Gasteiger partial charge in [0.1, 0.15) is 0 Å². The van der Waals surface area contributed by atoms with Gasteiger partial charge in [-0.15, -0.1) is 0 Å². The number of carbonyl (C=O) groups is 1. The van der Waals surface area contributed by atoms with Crippen molar-refractivity contribution in [1.29, 1.82) is 0 Å². The first-order chi connectivity index (χ1) is 7.86. The molecule has 0 amide bonds. The monoisotopic (exact) mass is 215 g/mol. The summed E-state index contributed by atoms with van der Waals surface area (Å²) in [7, 11) is 0. The van der Waals surface area contributed by atoms with E-state index in [0.29, 0.717) is 0 Å². The Hall–Kier alpha value is -1.68. The number of nitrogens with one attached hydrogen (secondary N) is 2. The Balaban J connectivity index is 2.02. The Bertz CT molecular complexity index is 526. The van der Waals surface area contributed by atoms with Crippen LogP contribution in [0.1, 0.15) is 16.8 Å². The first-order valence-electron chi connectivity index (χ1n) is 5.52. The van der Waals surface area contributed by atoms with E-state index in [9.17, 15) is 4.79 Å². The van der Waals surface area contributed by atoms with Gasteiger partial charge < -0.3 is 10.3 Å². The molecule has 16 heavy (non-hydrogen) atoms. The van der Waals surface area contributed by atoms with Crippen LogP contribution in [0, 0.1) is 5.92 Å². The van der Waals surface area contributed by atoms with Gasteiger partial charge >= 0.3 is 0 Å². The Labute approximate surface area is 93.1 Å². The van der Waals surface area contributed by atoms with Gasteiger partial charge in [0, 0.05) is 35.8 Å². The van der Waals surface area contributed by atoms with Gasteiger partial charge in [0.25, 0.3) is 0 Å². The smallest absolute Gasteiger partial charge is 0.169 e. The topological polar surface area (TPSA) is 57.8 Å². The first kappa shape index (κ1) is 9.54. The van der Waals surface area contributed by atoms with E-state index in [0.717, 1.165) is 36.0 Å². The number of pyridine rings is 1. The molecule has 3 rings (SSSR count). The summed E-state index contributed by atoms with van der Waals surface area (Å²) in [5.41, 5.74) is 1.72. The van der Waals surface area contributed by atoms with Crippen LogP contribution >= 0.6 is 0 Å². The van der Waals surface area contributed by atoms with Crippen molar-refractivity contribution < 1.29 is 4.79 Å². The summed E-state index contributed by atoms with van der Waals surface area (Å²) in [6.07, 6.45) is 6.21. The third-order valence-corrected chi connectivity index (χ3v) is 3.18. The zero-order valence-corrected chi connectivity index (χ0v) is 8.86. The van der Waals surface area contributed by atoms with Crippen molar-refractivity contribution in [1.82, 2.24) is 15.3 Å². The maximum atomic E-state index is 12.2. The average molecular weight is 215 g/mol. The summed E-state index contributed by atoms with van der Waals surface area (Å²) < 4.78 is 0. The van der Waals surface area contributed by atoms with Gasteiger partial charge in [-0.2, -0.15) is 0 Å². The molecule has 0 aliphatic carbocycles. The van der Waals surface area contributed by atoms with Gasteiger partial charge in [0.15, 0.2) is 5.78 Å². The number of carbonyl (C=O) groups excluding carboxylic acids is 1. The van der Waals surface area contributed by atoms with E-state index in [4.69, 9.17) is 0 Å². The van der Waals surface area contributed by atoms with Crippen molar-refractivity contribution in [3.05, 3.63) is 30.2 Å². The van der Waals surface area contributed by atoms with Gasteiger partial charge in [-0.25, -0.2) is 0 Å². The maximum Gasteiger partial charge on any atom is 0.169 e. The summed E-state index contributed by atoms with van der Waals surface area (Å²) in [5, 5.41) is 4.20. The molecule has 1 aliphatic rings. The Morgan fingerprint density at radius 1 is 1.50 bits per heavy atom. The third kappa shape index (κ3) is 1.42. The number of nitrogens with zero attached hydrogens (tertiary/aromatic N) is 1. The highest BCUT2D eigenvalue weighted by molar-refractivity contribution is 6.08. The summed E-state index contributed by atoms with van der Waals surface area (Å²) in [4.78, 5) is 19.4. The Morgan fingerprint density at radius 2 is 2.44 bits per heavy atom. The average Bonchev–Trinajstić information content (AvgIpc) is 2.98. The molecule has 0 radical (unpaired) electrons. The van der Waals surface area contributed by atoms with Gasteiger partial charge in [-0.1, -0.05) is 0 Å². The lowest BCUT2D eigenvalue weighted by Gasteiger charge is -2.05. The summed E-state index contributed by atoms with van der Waals surface area (Å²) in [6, 6.07) is 1.89. The van der Waals surface area contributed by atoms with Crippen molar-refractivity contribution >= 4 is 16.7 Å². The van der Waals surface area contributed by atoms with E-state index in [2.05, 4.69) is 15.3 Å². The highest BCUT2D eigenvalue weighted by Gasteiger charge is 2.25. The number of ketones is 1. The van der Waals surface area contributed by atoms with Gasteiger partial charge in [0.05, 0.1) is 11.7 Å². The summed E-state index contributed by atoms with van der Waals surface area (Å²) in [5.74, 6) is 0.370. The predicted octanol–water partition coefficient (Wildman–Crippen LogP) is 1.36. The number of aromatic amines is 1. The van der Waals surface area contributed by atoms with Crippen LogP contribution in [0.25, 0.3) is 10.9 Å². The fourth-order valence-corrected chi connectivity index (χ4v) is 2.27. The molecule has 2 N–H and O–H groups in total. The van der Waals surface area contributed by atoms with E-state index in [1.165, 1.54) is 0 Å². The SMILES string of the molecule is O=C(c1c[nH]c2cnccc12)C1CCNC1. The molecule has 0 saturated carbocycles. The number of fused-ring (bicyclic) bond motifs is 1. The molecule has 0 aromatic carbocycles. The van der Waals surface area contributed by atoms with E-state index < -0.39 is 0 Å². The van der Waals surface area contributed by atoms with Crippen molar-refractivity contribution in [2.45, 2.75) is 6.42 Å². The molecule has 2 aromatic rings. The van der Waals surface area contributed by atoms with Crippen LogP contribution in [0.2, 0.25) is 0 Å². The number of hydrogen-bond donors (Lipinski definition) is 2. The quantitative estimate of drug-likeness (QED) is 0.743. The number of Topliss-reactive ketones (excluding diaryl/α,β-unsaturated/α-hetero) is 1. The molecular weight excluding hydrogens is 202 g/mol. The second kappa shape index (κ2) is 3.72. The largest absolute Gasteiger partial charge is 0.359 e. The highest BCUT2D eigenvalue weighted by Crippen LogP contribution is 2.22. The van der Waals surface area contributed by atoms with Crippen LogP contribution < -0.4 is 5.32 Å². The Morgan fingerprint density at radius 3 is 3.25 bits per heavy atom. The minimum Gasteiger partial charge on any atom is -0.359 e. The zero-order valence-electron chi connectivity index (χ0n) is 8.86. The van der Waals surface area contributed by atoms with Crippen molar-refractivity contribution in [3.8, 4) is 0 Å². The molecule has 1 unspecified atom stereocenters. The lowest BCUT2D eigenvalue weighted by atomic mass is 9.97. The number of aromatic nitrogens is 2. The number of hydrogen-bond acceptors (Lipinski definition) is 3. The molecule has 1 fully saturated rings. The van der Waals surface area contributed by atoms with Gasteiger partial charge in [-0.05, 0) is 19.0 Å². The number of rotatable bonds is 2.